The number of amides is 1. The first kappa shape index (κ1) is 15.9. The van der Waals surface area contributed by atoms with E-state index in [1.165, 1.54) is 5.56 Å². The largest absolute Gasteiger partial charge is 0.487 e. The van der Waals surface area contributed by atoms with E-state index in [1.807, 2.05) is 6.07 Å². The monoisotopic (exact) mass is 331 g/mol. The minimum Gasteiger partial charge on any atom is -0.487 e. The quantitative estimate of drug-likeness (QED) is 0.905. The van der Waals surface area contributed by atoms with Gasteiger partial charge in [0, 0.05) is 31.4 Å². The van der Waals surface area contributed by atoms with Gasteiger partial charge in [0.2, 0.25) is 5.91 Å². The summed E-state index contributed by atoms with van der Waals surface area (Å²) < 4.78 is 17.4. The van der Waals surface area contributed by atoms with E-state index in [-0.39, 0.29) is 23.7 Å². The van der Waals surface area contributed by atoms with Crippen LogP contribution < -0.4 is 10.1 Å². The van der Waals surface area contributed by atoms with Crippen LogP contribution in [0.1, 0.15) is 49.3 Å². The molecular formula is C19H25NO4. The van der Waals surface area contributed by atoms with Gasteiger partial charge in [0.1, 0.15) is 17.5 Å². The Labute approximate surface area is 142 Å². The van der Waals surface area contributed by atoms with Crippen LogP contribution in [0.2, 0.25) is 0 Å². The standard InChI is InChI=1S/C19H25NO4/c1-13-4-5-16-14(11-13)15(20-18(21)17-3-2-8-23-17)12-19(24-16)6-9-22-10-7-19/h4-5,11,15,17H,2-3,6-10,12H2,1H3,(H,20,21). The van der Waals surface area contributed by atoms with Gasteiger partial charge in [-0.3, -0.25) is 4.79 Å². The fourth-order valence-electron chi connectivity index (χ4n) is 4.02. The first-order valence-electron chi connectivity index (χ1n) is 8.95. The van der Waals surface area contributed by atoms with E-state index in [9.17, 15) is 4.79 Å². The molecule has 2 saturated heterocycles. The summed E-state index contributed by atoms with van der Waals surface area (Å²) in [6.07, 6.45) is 4.01. The minimum absolute atomic E-state index is 0.00839. The molecule has 24 heavy (non-hydrogen) atoms. The Morgan fingerprint density at radius 2 is 2.08 bits per heavy atom. The van der Waals surface area contributed by atoms with Crippen LogP contribution in [0.4, 0.5) is 0 Å². The molecule has 1 spiro atoms. The molecule has 0 saturated carbocycles. The third-order valence-corrected chi connectivity index (χ3v) is 5.39. The number of hydrogen-bond acceptors (Lipinski definition) is 4. The number of ether oxygens (including phenoxy) is 3. The Balaban J connectivity index is 1.60. The SMILES string of the molecule is Cc1ccc2c(c1)C(NC(=O)C1CCCO1)CC1(CCOCC1)O2. The van der Waals surface area contributed by atoms with Gasteiger partial charge < -0.3 is 19.5 Å². The van der Waals surface area contributed by atoms with Gasteiger partial charge in [-0.05, 0) is 25.8 Å². The normalized spacial score (nSPS) is 28.2. The number of aryl methyl sites for hydroxylation is 1. The van der Waals surface area contributed by atoms with Crippen LogP contribution in [0.15, 0.2) is 18.2 Å². The highest BCUT2D eigenvalue weighted by molar-refractivity contribution is 5.81. The molecule has 2 atom stereocenters. The summed E-state index contributed by atoms with van der Waals surface area (Å²) in [6, 6.07) is 6.20. The fourth-order valence-corrected chi connectivity index (χ4v) is 4.02. The van der Waals surface area contributed by atoms with Crippen molar-refractivity contribution in [2.24, 2.45) is 0 Å². The van der Waals surface area contributed by atoms with Crippen molar-refractivity contribution in [3.63, 3.8) is 0 Å². The van der Waals surface area contributed by atoms with E-state index in [1.54, 1.807) is 0 Å². The van der Waals surface area contributed by atoms with Gasteiger partial charge >= 0.3 is 0 Å². The lowest BCUT2D eigenvalue weighted by Gasteiger charge is -2.44. The zero-order chi connectivity index (χ0) is 16.6. The topological polar surface area (TPSA) is 56.8 Å². The summed E-state index contributed by atoms with van der Waals surface area (Å²) in [7, 11) is 0. The average Bonchev–Trinajstić information content (AvgIpc) is 3.11. The Morgan fingerprint density at radius 1 is 1.25 bits per heavy atom. The van der Waals surface area contributed by atoms with Gasteiger partial charge in [-0.1, -0.05) is 17.7 Å². The molecule has 130 valence electrons. The smallest absolute Gasteiger partial charge is 0.249 e. The van der Waals surface area contributed by atoms with E-state index < -0.39 is 0 Å². The molecule has 3 aliphatic rings. The molecule has 1 amide bonds. The van der Waals surface area contributed by atoms with Crippen molar-refractivity contribution in [1.29, 1.82) is 0 Å². The van der Waals surface area contributed by atoms with Crippen LogP contribution in [0.3, 0.4) is 0 Å². The Hall–Kier alpha value is -1.59. The first-order chi connectivity index (χ1) is 11.7. The fraction of sp³-hybridized carbons (Fsp3) is 0.632. The second kappa shape index (κ2) is 6.37. The number of benzene rings is 1. The van der Waals surface area contributed by atoms with Gasteiger partial charge in [0.05, 0.1) is 19.3 Å². The molecule has 4 rings (SSSR count). The van der Waals surface area contributed by atoms with Crippen molar-refractivity contribution in [2.45, 2.75) is 56.8 Å². The van der Waals surface area contributed by atoms with Crippen LogP contribution >= 0.6 is 0 Å². The average molecular weight is 331 g/mol. The first-order valence-corrected chi connectivity index (χ1v) is 8.95. The van der Waals surface area contributed by atoms with Crippen LogP contribution in [0.5, 0.6) is 5.75 Å². The van der Waals surface area contributed by atoms with Crippen LogP contribution in [0.25, 0.3) is 0 Å². The number of hydrogen-bond donors (Lipinski definition) is 1. The number of nitrogens with one attached hydrogen (secondary N) is 1. The predicted octanol–water partition coefficient (Wildman–Crippen LogP) is 2.66. The van der Waals surface area contributed by atoms with Crippen molar-refractivity contribution in [3.05, 3.63) is 29.3 Å². The van der Waals surface area contributed by atoms with Gasteiger partial charge in [-0.15, -0.1) is 0 Å². The maximum absolute atomic E-state index is 12.6. The second-order valence-corrected chi connectivity index (χ2v) is 7.21. The minimum atomic E-state index is -0.299. The third kappa shape index (κ3) is 3.03. The summed E-state index contributed by atoms with van der Waals surface area (Å²) in [4.78, 5) is 12.6. The molecule has 3 heterocycles. The molecule has 5 heteroatoms. The Bertz CT molecular complexity index is 618. The third-order valence-electron chi connectivity index (χ3n) is 5.39. The maximum atomic E-state index is 12.6. The van der Waals surface area contributed by atoms with E-state index in [0.29, 0.717) is 19.8 Å². The number of carbonyl (C=O) groups is 1. The van der Waals surface area contributed by atoms with Crippen molar-refractivity contribution < 1.29 is 19.0 Å². The molecule has 1 N–H and O–H groups in total. The lowest BCUT2D eigenvalue weighted by Crippen LogP contribution is -2.49. The van der Waals surface area contributed by atoms with Gasteiger partial charge in [-0.25, -0.2) is 0 Å². The summed E-state index contributed by atoms with van der Waals surface area (Å²) in [5, 5.41) is 3.23. The van der Waals surface area contributed by atoms with Crippen LogP contribution in [-0.2, 0) is 14.3 Å². The number of fused-ring (bicyclic) bond motifs is 1. The van der Waals surface area contributed by atoms with Crippen molar-refractivity contribution in [2.75, 3.05) is 19.8 Å². The predicted molar refractivity (Wildman–Crippen MR) is 89.1 cm³/mol. The Morgan fingerprint density at radius 3 is 2.83 bits per heavy atom. The molecule has 0 aliphatic carbocycles. The number of carbonyl (C=O) groups excluding carboxylic acids is 1. The van der Waals surface area contributed by atoms with Gasteiger partial charge in [-0.2, -0.15) is 0 Å². The molecule has 0 aromatic heterocycles. The van der Waals surface area contributed by atoms with Crippen molar-refractivity contribution in [1.82, 2.24) is 5.32 Å². The highest BCUT2D eigenvalue weighted by Gasteiger charge is 2.43. The van der Waals surface area contributed by atoms with Gasteiger partial charge in [0.25, 0.3) is 0 Å². The summed E-state index contributed by atoms with van der Waals surface area (Å²) >= 11 is 0. The lowest BCUT2D eigenvalue weighted by atomic mass is 9.81. The van der Waals surface area contributed by atoms with E-state index in [2.05, 4.69) is 24.4 Å². The zero-order valence-electron chi connectivity index (χ0n) is 14.2. The molecular weight excluding hydrogens is 306 g/mol. The highest BCUT2D eigenvalue weighted by atomic mass is 16.5. The molecule has 1 aromatic carbocycles. The lowest BCUT2D eigenvalue weighted by molar-refractivity contribution is -0.132. The second-order valence-electron chi connectivity index (χ2n) is 7.21. The van der Waals surface area contributed by atoms with Crippen LogP contribution in [0, 0.1) is 6.92 Å². The summed E-state index contributed by atoms with van der Waals surface area (Å²) in [6.45, 7) is 4.18. The molecule has 3 aliphatic heterocycles. The van der Waals surface area contributed by atoms with Gasteiger partial charge in [0.15, 0.2) is 0 Å². The Kier molecular flexibility index (Phi) is 4.22. The zero-order valence-corrected chi connectivity index (χ0v) is 14.2. The van der Waals surface area contributed by atoms with E-state index >= 15 is 0 Å². The molecule has 0 radical (unpaired) electrons. The summed E-state index contributed by atoms with van der Waals surface area (Å²) in [5.74, 6) is 0.903. The molecule has 1 aromatic rings. The highest BCUT2D eigenvalue weighted by Crippen LogP contribution is 2.44. The summed E-state index contributed by atoms with van der Waals surface area (Å²) in [5.41, 5.74) is 2.03. The number of rotatable bonds is 2. The van der Waals surface area contributed by atoms with Crippen molar-refractivity contribution in [3.8, 4) is 5.75 Å². The van der Waals surface area contributed by atoms with E-state index in [0.717, 1.165) is 43.4 Å². The molecule has 5 nitrogen and oxygen atoms in total. The van der Waals surface area contributed by atoms with Crippen molar-refractivity contribution >= 4 is 5.91 Å². The maximum Gasteiger partial charge on any atom is 0.249 e. The molecule has 0 bridgehead atoms. The van der Waals surface area contributed by atoms with E-state index in [4.69, 9.17) is 14.2 Å². The molecule has 2 fully saturated rings. The molecule has 2 unspecified atom stereocenters. The van der Waals surface area contributed by atoms with Crippen LogP contribution in [-0.4, -0.2) is 37.4 Å².